The number of piperidine rings is 1. The lowest BCUT2D eigenvalue weighted by Crippen LogP contribution is -2.55. The molecule has 3 rings (SSSR count). The molecule has 26 heavy (non-hydrogen) atoms. The molecule has 142 valence electrons. The van der Waals surface area contributed by atoms with Gasteiger partial charge in [0, 0.05) is 37.8 Å². The number of hydrogen-bond donors (Lipinski definition) is 1. The number of rotatable bonds is 2. The van der Waals surface area contributed by atoms with Crippen LogP contribution in [0.2, 0.25) is 0 Å². The number of hydrogen-bond acceptors (Lipinski definition) is 3. The summed E-state index contributed by atoms with van der Waals surface area (Å²) in [5, 5.41) is 0. The van der Waals surface area contributed by atoms with Crippen molar-refractivity contribution in [3.63, 3.8) is 0 Å². The van der Waals surface area contributed by atoms with Crippen LogP contribution in [0.3, 0.4) is 0 Å². The molecule has 0 saturated carbocycles. The zero-order valence-electron chi connectivity index (χ0n) is 16.6. The smallest absolute Gasteiger partial charge is 0.228 e. The SMILES string of the molecule is Cc1cc(C)c(N2CC(C(=O)N3CCC(N)C(C)(C)C3)CC2=O)c(C)c1. The Hall–Kier alpha value is -1.88. The summed E-state index contributed by atoms with van der Waals surface area (Å²) in [4.78, 5) is 29.5. The van der Waals surface area contributed by atoms with Gasteiger partial charge in [-0.2, -0.15) is 0 Å². The molecule has 1 aromatic carbocycles. The molecule has 0 aromatic heterocycles. The fourth-order valence-electron chi connectivity index (χ4n) is 4.51. The second-order valence-electron chi connectivity index (χ2n) is 8.80. The summed E-state index contributed by atoms with van der Waals surface area (Å²) in [6.07, 6.45) is 1.12. The average molecular weight is 357 g/mol. The number of nitrogens with two attached hydrogens (primary N) is 1. The number of anilines is 1. The van der Waals surface area contributed by atoms with E-state index >= 15 is 0 Å². The minimum absolute atomic E-state index is 0.0476. The van der Waals surface area contributed by atoms with Crippen molar-refractivity contribution in [3.05, 3.63) is 28.8 Å². The van der Waals surface area contributed by atoms with E-state index in [0.29, 0.717) is 26.1 Å². The van der Waals surface area contributed by atoms with E-state index in [2.05, 4.69) is 32.9 Å². The van der Waals surface area contributed by atoms with E-state index in [1.54, 1.807) is 0 Å². The van der Waals surface area contributed by atoms with Gasteiger partial charge in [-0.1, -0.05) is 31.5 Å². The van der Waals surface area contributed by atoms with Crippen LogP contribution in [0.15, 0.2) is 12.1 Å². The van der Waals surface area contributed by atoms with Crippen molar-refractivity contribution in [1.29, 1.82) is 0 Å². The van der Waals surface area contributed by atoms with Gasteiger partial charge in [-0.15, -0.1) is 0 Å². The first-order chi connectivity index (χ1) is 12.1. The van der Waals surface area contributed by atoms with Crippen LogP contribution in [-0.2, 0) is 9.59 Å². The van der Waals surface area contributed by atoms with E-state index < -0.39 is 0 Å². The van der Waals surface area contributed by atoms with Gasteiger partial charge in [0.15, 0.2) is 0 Å². The molecule has 0 aliphatic carbocycles. The summed E-state index contributed by atoms with van der Waals surface area (Å²) in [7, 11) is 0. The second-order valence-corrected chi connectivity index (χ2v) is 8.80. The summed E-state index contributed by atoms with van der Waals surface area (Å²) < 4.78 is 0. The number of aryl methyl sites for hydroxylation is 3. The molecule has 5 heteroatoms. The van der Waals surface area contributed by atoms with Gasteiger partial charge < -0.3 is 15.5 Å². The molecule has 2 unspecified atom stereocenters. The number of nitrogens with zero attached hydrogens (tertiary/aromatic N) is 2. The van der Waals surface area contributed by atoms with Crippen LogP contribution in [0.1, 0.15) is 43.4 Å². The van der Waals surface area contributed by atoms with Crippen LogP contribution in [-0.4, -0.2) is 42.4 Å². The Balaban J connectivity index is 1.77. The highest BCUT2D eigenvalue weighted by Gasteiger charge is 2.41. The molecule has 2 amide bonds. The van der Waals surface area contributed by atoms with Gasteiger partial charge >= 0.3 is 0 Å². The maximum absolute atomic E-state index is 13.0. The van der Waals surface area contributed by atoms with Crippen LogP contribution < -0.4 is 10.6 Å². The first kappa shape index (κ1) is 18.9. The molecule has 2 fully saturated rings. The number of carbonyl (C=O) groups is 2. The van der Waals surface area contributed by atoms with Crippen LogP contribution >= 0.6 is 0 Å². The zero-order valence-corrected chi connectivity index (χ0v) is 16.6. The second kappa shape index (κ2) is 6.69. The normalized spacial score (nSPS) is 25.7. The summed E-state index contributed by atoms with van der Waals surface area (Å²) in [5.41, 5.74) is 10.5. The molecule has 2 N–H and O–H groups in total. The predicted molar refractivity (Wildman–Crippen MR) is 104 cm³/mol. The first-order valence-electron chi connectivity index (χ1n) is 9.52. The van der Waals surface area contributed by atoms with Crippen molar-refractivity contribution in [3.8, 4) is 0 Å². The number of carbonyl (C=O) groups excluding carboxylic acids is 2. The van der Waals surface area contributed by atoms with Gasteiger partial charge in [-0.3, -0.25) is 9.59 Å². The Morgan fingerprint density at radius 3 is 2.38 bits per heavy atom. The summed E-state index contributed by atoms with van der Waals surface area (Å²) >= 11 is 0. The van der Waals surface area contributed by atoms with Gasteiger partial charge in [0.1, 0.15) is 0 Å². The lowest BCUT2D eigenvalue weighted by atomic mass is 9.79. The van der Waals surface area contributed by atoms with Gasteiger partial charge in [-0.05, 0) is 43.7 Å². The van der Waals surface area contributed by atoms with E-state index in [1.165, 1.54) is 5.56 Å². The maximum atomic E-state index is 13.0. The van der Waals surface area contributed by atoms with Crippen molar-refractivity contribution in [2.45, 2.75) is 53.5 Å². The average Bonchev–Trinajstić information content (AvgIpc) is 2.90. The molecule has 1 aromatic rings. The van der Waals surface area contributed by atoms with E-state index in [0.717, 1.165) is 23.2 Å². The molecule has 2 saturated heterocycles. The quantitative estimate of drug-likeness (QED) is 0.884. The van der Waals surface area contributed by atoms with Crippen molar-refractivity contribution in [2.75, 3.05) is 24.5 Å². The highest BCUT2D eigenvalue weighted by atomic mass is 16.2. The monoisotopic (exact) mass is 357 g/mol. The third kappa shape index (κ3) is 3.37. The first-order valence-corrected chi connectivity index (χ1v) is 9.52. The Bertz CT molecular complexity index is 718. The van der Waals surface area contributed by atoms with E-state index in [9.17, 15) is 9.59 Å². The Morgan fingerprint density at radius 1 is 1.19 bits per heavy atom. The molecular weight excluding hydrogens is 326 g/mol. The van der Waals surface area contributed by atoms with Gasteiger partial charge in [0.25, 0.3) is 0 Å². The lowest BCUT2D eigenvalue weighted by molar-refractivity contribution is -0.139. The van der Waals surface area contributed by atoms with Gasteiger partial charge in [0.05, 0.1) is 5.92 Å². The number of benzene rings is 1. The van der Waals surface area contributed by atoms with Crippen molar-refractivity contribution in [2.24, 2.45) is 17.1 Å². The summed E-state index contributed by atoms with van der Waals surface area (Å²) in [6, 6.07) is 4.31. The molecule has 2 aliphatic rings. The van der Waals surface area contributed by atoms with Gasteiger partial charge in [-0.25, -0.2) is 0 Å². The summed E-state index contributed by atoms with van der Waals surface area (Å²) in [6.45, 7) is 12.2. The Kier molecular flexibility index (Phi) is 4.86. The highest BCUT2D eigenvalue weighted by molar-refractivity contribution is 6.01. The third-order valence-electron chi connectivity index (χ3n) is 6.00. The predicted octanol–water partition coefficient (Wildman–Crippen LogP) is 2.55. The van der Waals surface area contributed by atoms with Crippen molar-refractivity contribution in [1.82, 2.24) is 4.90 Å². The number of likely N-dealkylation sites (tertiary alicyclic amines) is 1. The van der Waals surface area contributed by atoms with Gasteiger partial charge in [0.2, 0.25) is 11.8 Å². The molecule has 2 aliphatic heterocycles. The molecule has 5 nitrogen and oxygen atoms in total. The van der Waals surface area contributed by atoms with Crippen LogP contribution in [0.5, 0.6) is 0 Å². The largest absolute Gasteiger partial charge is 0.342 e. The standard InChI is InChI=1S/C21H31N3O2/c1-13-8-14(2)19(15(3)9-13)24-11-16(10-18(24)25)20(26)23-7-6-17(22)21(4,5)12-23/h8-9,16-17H,6-7,10-12,22H2,1-5H3. The summed E-state index contributed by atoms with van der Waals surface area (Å²) in [5.74, 6) is -0.109. The molecule has 0 spiro atoms. The van der Waals surface area contributed by atoms with Crippen LogP contribution in [0.4, 0.5) is 5.69 Å². The van der Waals surface area contributed by atoms with E-state index in [1.807, 2.05) is 23.6 Å². The van der Waals surface area contributed by atoms with E-state index in [4.69, 9.17) is 5.73 Å². The van der Waals surface area contributed by atoms with Crippen LogP contribution in [0.25, 0.3) is 0 Å². The molecule has 2 heterocycles. The van der Waals surface area contributed by atoms with E-state index in [-0.39, 0.29) is 29.2 Å². The minimum Gasteiger partial charge on any atom is -0.342 e. The third-order valence-corrected chi connectivity index (χ3v) is 6.00. The molecular formula is C21H31N3O2. The zero-order chi connectivity index (χ0) is 19.2. The molecule has 0 bridgehead atoms. The number of amides is 2. The Labute approximate surface area is 156 Å². The van der Waals surface area contributed by atoms with Crippen molar-refractivity contribution >= 4 is 17.5 Å². The molecule has 2 atom stereocenters. The Morgan fingerprint density at radius 2 is 1.81 bits per heavy atom. The van der Waals surface area contributed by atoms with Crippen molar-refractivity contribution < 1.29 is 9.59 Å². The topological polar surface area (TPSA) is 66.6 Å². The highest BCUT2D eigenvalue weighted by Crippen LogP contribution is 2.34. The minimum atomic E-state index is -0.257. The fraction of sp³-hybridized carbons (Fsp3) is 0.619. The van der Waals surface area contributed by atoms with Crippen LogP contribution in [0, 0.1) is 32.1 Å². The lowest BCUT2D eigenvalue weighted by Gasteiger charge is -2.43. The molecule has 0 radical (unpaired) electrons. The maximum Gasteiger partial charge on any atom is 0.228 e. The fourth-order valence-corrected chi connectivity index (χ4v) is 4.51.